The number of anilines is 3. The highest BCUT2D eigenvalue weighted by molar-refractivity contribution is 7.98. The summed E-state index contributed by atoms with van der Waals surface area (Å²) < 4.78 is 30.7. The number of halogens is 1. The number of nitrogens with zero attached hydrogens (tertiary/aromatic N) is 4. The van der Waals surface area contributed by atoms with Crippen molar-refractivity contribution >= 4 is 45.4 Å². The number of nitriles is 1. The number of nitrogen functional groups attached to an aromatic ring is 1. The molecule has 0 amide bonds. The van der Waals surface area contributed by atoms with E-state index in [1.807, 2.05) is 19.2 Å². The average Bonchev–Trinajstić information content (AvgIpc) is 3.55. The van der Waals surface area contributed by atoms with Crippen molar-refractivity contribution in [3.8, 4) is 22.9 Å². The molecular formula is C29H25FN6O3S2. The maximum absolute atomic E-state index is 13.5. The summed E-state index contributed by atoms with van der Waals surface area (Å²) in [4.78, 5) is 12.5. The highest BCUT2D eigenvalue weighted by Crippen LogP contribution is 2.42. The standard InChI is InChI=1S/C29H25FN6O3S2/c1-29(2)38-14-22(39-29)13-37-21-9-7-17(8-10-21)24-23(12-31)27(36-26(32)25(24)33-3)40-15-20-16-41-28(35-20)34-19-6-4-5-18(30)11-19/h4-11,16,22H,13-15H2,1-2H3,(H2,32,36)(H,34,35)/t22-/m0/s1. The van der Waals surface area contributed by atoms with Gasteiger partial charge in [0.05, 0.1) is 24.4 Å². The minimum Gasteiger partial charge on any atom is -0.491 e. The Morgan fingerprint density at radius 1 is 1.29 bits per heavy atom. The molecule has 5 rings (SSSR count). The third-order valence-electron chi connectivity index (χ3n) is 6.02. The van der Waals surface area contributed by atoms with Crippen LogP contribution in [0.4, 0.5) is 26.7 Å². The summed E-state index contributed by atoms with van der Waals surface area (Å²) >= 11 is 2.69. The van der Waals surface area contributed by atoms with Gasteiger partial charge in [0.2, 0.25) is 5.69 Å². The van der Waals surface area contributed by atoms with Gasteiger partial charge in [-0.15, -0.1) is 11.3 Å². The van der Waals surface area contributed by atoms with Crippen molar-refractivity contribution in [2.45, 2.75) is 36.5 Å². The molecule has 2 aromatic heterocycles. The Kier molecular flexibility index (Phi) is 8.38. The number of hydrogen-bond acceptors (Lipinski definition) is 10. The first kappa shape index (κ1) is 28.3. The van der Waals surface area contributed by atoms with E-state index < -0.39 is 5.79 Å². The maximum atomic E-state index is 13.5. The predicted molar refractivity (Wildman–Crippen MR) is 157 cm³/mol. The molecule has 208 valence electrons. The van der Waals surface area contributed by atoms with Crippen LogP contribution in [0.1, 0.15) is 25.1 Å². The van der Waals surface area contributed by atoms with Crippen molar-refractivity contribution in [1.29, 1.82) is 5.26 Å². The van der Waals surface area contributed by atoms with Crippen LogP contribution < -0.4 is 15.8 Å². The summed E-state index contributed by atoms with van der Waals surface area (Å²) in [5, 5.41) is 16.1. The fourth-order valence-electron chi connectivity index (χ4n) is 4.19. The van der Waals surface area contributed by atoms with Crippen LogP contribution in [0.3, 0.4) is 0 Å². The fourth-order valence-corrected chi connectivity index (χ4v) is 5.91. The SMILES string of the molecule is [C-]#[N+]c1c(N)nc(SCc2csc(Nc3cccc(F)c3)n2)c(C#N)c1-c1ccc(OC[C@H]2COC(C)(C)O2)cc1. The quantitative estimate of drug-likeness (QED) is 0.159. The Morgan fingerprint density at radius 2 is 2.10 bits per heavy atom. The Hall–Kier alpha value is -4.20. The van der Waals surface area contributed by atoms with E-state index in [0.717, 1.165) is 5.69 Å². The number of nitrogens with two attached hydrogens (primary N) is 1. The molecule has 0 unspecified atom stereocenters. The van der Waals surface area contributed by atoms with Gasteiger partial charge in [-0.25, -0.2) is 19.2 Å². The molecule has 0 saturated carbocycles. The molecule has 0 radical (unpaired) electrons. The third-order valence-corrected chi connectivity index (χ3v) is 7.83. The van der Waals surface area contributed by atoms with Gasteiger partial charge in [-0.2, -0.15) is 5.26 Å². The maximum Gasteiger partial charge on any atom is 0.236 e. The summed E-state index contributed by atoms with van der Waals surface area (Å²) in [6.07, 6.45) is -0.172. The van der Waals surface area contributed by atoms with Gasteiger partial charge in [-0.05, 0) is 49.7 Å². The van der Waals surface area contributed by atoms with Crippen LogP contribution in [0.15, 0.2) is 58.9 Å². The Morgan fingerprint density at radius 3 is 2.78 bits per heavy atom. The number of hydrogen-bond donors (Lipinski definition) is 2. The Bertz CT molecular complexity index is 1650. The molecule has 12 heteroatoms. The van der Waals surface area contributed by atoms with Crippen LogP contribution in [-0.4, -0.2) is 35.1 Å². The van der Waals surface area contributed by atoms with Gasteiger partial charge in [0.1, 0.15) is 41.2 Å². The van der Waals surface area contributed by atoms with Crippen LogP contribution in [0.25, 0.3) is 16.0 Å². The molecule has 1 saturated heterocycles. The van der Waals surface area contributed by atoms with Gasteiger partial charge < -0.3 is 25.3 Å². The lowest BCUT2D eigenvalue weighted by molar-refractivity contribution is -0.141. The summed E-state index contributed by atoms with van der Waals surface area (Å²) in [5.74, 6) is 0.113. The molecule has 1 aliphatic heterocycles. The van der Waals surface area contributed by atoms with E-state index in [-0.39, 0.29) is 29.0 Å². The molecule has 1 aliphatic rings. The molecular weight excluding hydrogens is 563 g/mol. The first-order chi connectivity index (χ1) is 19.7. The lowest BCUT2D eigenvalue weighted by Crippen LogP contribution is -2.25. The second-order valence-electron chi connectivity index (χ2n) is 9.48. The fraction of sp³-hybridized carbons (Fsp3) is 0.241. The normalized spacial score (nSPS) is 15.7. The Labute approximate surface area is 244 Å². The van der Waals surface area contributed by atoms with E-state index in [4.69, 9.17) is 26.5 Å². The smallest absolute Gasteiger partial charge is 0.236 e. The van der Waals surface area contributed by atoms with E-state index in [1.165, 1.54) is 35.2 Å². The van der Waals surface area contributed by atoms with E-state index in [0.29, 0.717) is 51.7 Å². The number of nitrogens with one attached hydrogen (secondary N) is 1. The predicted octanol–water partition coefficient (Wildman–Crippen LogP) is 6.92. The second kappa shape index (κ2) is 12.1. The molecule has 4 aromatic rings. The second-order valence-corrected chi connectivity index (χ2v) is 11.3. The largest absolute Gasteiger partial charge is 0.491 e. The molecule has 9 nitrogen and oxygen atoms in total. The van der Waals surface area contributed by atoms with Gasteiger partial charge in [0, 0.05) is 22.4 Å². The number of ether oxygens (including phenoxy) is 3. The molecule has 41 heavy (non-hydrogen) atoms. The minimum atomic E-state index is -0.625. The molecule has 2 aromatic carbocycles. The van der Waals surface area contributed by atoms with Gasteiger partial charge in [0.25, 0.3) is 0 Å². The molecule has 0 bridgehead atoms. The zero-order chi connectivity index (χ0) is 29.0. The summed E-state index contributed by atoms with van der Waals surface area (Å²) in [5.41, 5.74) is 8.98. The molecule has 3 N–H and O–H groups in total. The van der Waals surface area contributed by atoms with Crippen molar-refractivity contribution in [1.82, 2.24) is 9.97 Å². The van der Waals surface area contributed by atoms with Gasteiger partial charge in [0.15, 0.2) is 10.9 Å². The minimum absolute atomic E-state index is 0.0459. The molecule has 0 aliphatic carbocycles. The van der Waals surface area contributed by atoms with E-state index >= 15 is 0 Å². The monoisotopic (exact) mass is 588 g/mol. The lowest BCUT2D eigenvalue weighted by atomic mass is 10.00. The van der Waals surface area contributed by atoms with Gasteiger partial charge >= 0.3 is 0 Å². The third kappa shape index (κ3) is 6.76. The number of thiazole rings is 1. The Balaban J connectivity index is 1.32. The topological polar surface area (TPSA) is 120 Å². The van der Waals surface area contributed by atoms with Crippen LogP contribution >= 0.6 is 23.1 Å². The number of pyridine rings is 1. The lowest BCUT2D eigenvalue weighted by Gasteiger charge is -2.17. The van der Waals surface area contributed by atoms with Crippen LogP contribution in [0.2, 0.25) is 0 Å². The molecule has 1 atom stereocenters. The van der Waals surface area contributed by atoms with Crippen molar-refractivity contribution in [2.75, 3.05) is 24.3 Å². The summed E-state index contributed by atoms with van der Waals surface area (Å²) in [6.45, 7) is 12.2. The number of benzene rings is 2. The van der Waals surface area contributed by atoms with Gasteiger partial charge in [-0.1, -0.05) is 30.0 Å². The first-order valence-corrected chi connectivity index (χ1v) is 14.4. The summed E-state index contributed by atoms with van der Waals surface area (Å²) in [7, 11) is 0. The van der Waals surface area contributed by atoms with Crippen molar-refractivity contribution in [3.05, 3.63) is 82.4 Å². The zero-order valence-electron chi connectivity index (χ0n) is 22.2. The van der Waals surface area contributed by atoms with Crippen molar-refractivity contribution < 1.29 is 18.6 Å². The molecule has 0 spiro atoms. The summed E-state index contributed by atoms with van der Waals surface area (Å²) in [6, 6.07) is 15.5. The molecule has 3 heterocycles. The van der Waals surface area contributed by atoms with Crippen LogP contribution in [0, 0.1) is 23.7 Å². The van der Waals surface area contributed by atoms with Crippen molar-refractivity contribution in [2.24, 2.45) is 0 Å². The number of rotatable bonds is 9. The highest BCUT2D eigenvalue weighted by atomic mass is 32.2. The molecule has 1 fully saturated rings. The van der Waals surface area contributed by atoms with E-state index in [2.05, 4.69) is 26.2 Å². The number of aromatic nitrogens is 2. The number of thioether (sulfide) groups is 1. The van der Waals surface area contributed by atoms with Crippen LogP contribution in [-0.2, 0) is 15.2 Å². The van der Waals surface area contributed by atoms with E-state index in [1.54, 1.807) is 36.4 Å². The highest BCUT2D eigenvalue weighted by Gasteiger charge is 2.33. The average molecular weight is 589 g/mol. The van der Waals surface area contributed by atoms with Gasteiger partial charge in [-0.3, -0.25) is 0 Å². The van der Waals surface area contributed by atoms with Crippen LogP contribution in [0.5, 0.6) is 5.75 Å². The first-order valence-electron chi connectivity index (χ1n) is 12.5. The van der Waals surface area contributed by atoms with Crippen molar-refractivity contribution in [3.63, 3.8) is 0 Å². The van der Waals surface area contributed by atoms with E-state index in [9.17, 15) is 9.65 Å². The zero-order valence-corrected chi connectivity index (χ0v) is 23.8.